The Hall–Kier alpha value is -1.68. The van der Waals surface area contributed by atoms with Crippen molar-refractivity contribution >= 4 is 12.3 Å². The predicted molar refractivity (Wildman–Crippen MR) is 73.5 cm³/mol. The molecular formula is C15H20NO3. The third-order valence-corrected chi connectivity index (χ3v) is 2.76. The largest absolute Gasteiger partial charge is 0.465 e. The number of nitrogens with one attached hydrogen (secondary N) is 1. The molecule has 103 valence electrons. The van der Waals surface area contributed by atoms with Gasteiger partial charge in [0.05, 0.1) is 12.6 Å². The quantitative estimate of drug-likeness (QED) is 0.724. The van der Waals surface area contributed by atoms with E-state index in [2.05, 4.69) is 5.32 Å². The lowest BCUT2D eigenvalue weighted by Crippen LogP contribution is -2.44. The van der Waals surface area contributed by atoms with E-state index in [4.69, 9.17) is 4.74 Å². The Labute approximate surface area is 114 Å². The van der Waals surface area contributed by atoms with Crippen molar-refractivity contribution in [3.05, 3.63) is 35.9 Å². The maximum Gasteiger partial charge on any atom is 0.323 e. The summed E-state index contributed by atoms with van der Waals surface area (Å²) in [4.78, 5) is 22.4. The van der Waals surface area contributed by atoms with Crippen LogP contribution in [0.3, 0.4) is 0 Å². The zero-order chi connectivity index (χ0) is 14.1. The van der Waals surface area contributed by atoms with Crippen LogP contribution in [0.5, 0.6) is 0 Å². The number of benzene rings is 1. The number of hydrogen-bond donors (Lipinski definition) is 1. The Morgan fingerprint density at radius 3 is 2.63 bits per heavy atom. The fourth-order valence-electron chi connectivity index (χ4n) is 1.80. The third kappa shape index (κ3) is 5.66. The molecule has 0 aliphatic rings. The van der Waals surface area contributed by atoms with Gasteiger partial charge in [0.2, 0.25) is 6.29 Å². The minimum absolute atomic E-state index is 0.319. The van der Waals surface area contributed by atoms with Gasteiger partial charge in [-0.05, 0) is 32.3 Å². The second-order valence-electron chi connectivity index (χ2n) is 4.34. The topological polar surface area (TPSA) is 55.4 Å². The molecule has 2 atom stereocenters. The van der Waals surface area contributed by atoms with Gasteiger partial charge >= 0.3 is 5.97 Å². The molecule has 0 spiro atoms. The van der Waals surface area contributed by atoms with Crippen LogP contribution in [0.1, 0.15) is 25.8 Å². The standard InChI is InChI=1S/C15H20NO3/c1-3-19-15(18)14(16-12(2)11-17)10-9-13-7-5-4-6-8-13/h4-8,12,14,16H,3,9-10H2,1-2H3/t12-,14-/m0/s1. The lowest BCUT2D eigenvalue weighted by molar-refractivity contribution is -0.145. The van der Waals surface area contributed by atoms with Gasteiger partial charge in [0, 0.05) is 0 Å². The molecule has 4 nitrogen and oxygen atoms in total. The number of carbonyl (C=O) groups is 1. The molecule has 0 aliphatic heterocycles. The van der Waals surface area contributed by atoms with E-state index in [1.807, 2.05) is 36.6 Å². The molecule has 1 aromatic carbocycles. The predicted octanol–water partition coefficient (Wildman–Crippen LogP) is 1.64. The summed E-state index contributed by atoms with van der Waals surface area (Å²) in [5, 5.41) is 2.92. The first-order valence-electron chi connectivity index (χ1n) is 6.51. The van der Waals surface area contributed by atoms with E-state index in [0.29, 0.717) is 13.0 Å². The maximum absolute atomic E-state index is 11.8. The molecule has 0 bridgehead atoms. The minimum Gasteiger partial charge on any atom is -0.465 e. The van der Waals surface area contributed by atoms with Crippen LogP contribution in [-0.2, 0) is 20.7 Å². The zero-order valence-corrected chi connectivity index (χ0v) is 11.4. The molecule has 0 unspecified atom stereocenters. The Morgan fingerprint density at radius 2 is 2.05 bits per heavy atom. The van der Waals surface area contributed by atoms with Gasteiger partial charge < -0.3 is 4.74 Å². The van der Waals surface area contributed by atoms with Crippen molar-refractivity contribution in [3.8, 4) is 0 Å². The summed E-state index contributed by atoms with van der Waals surface area (Å²) >= 11 is 0. The smallest absolute Gasteiger partial charge is 0.323 e. The van der Waals surface area contributed by atoms with E-state index in [-0.39, 0.29) is 5.97 Å². The van der Waals surface area contributed by atoms with Crippen molar-refractivity contribution in [2.45, 2.75) is 38.8 Å². The Kier molecular flexibility index (Phi) is 6.82. The van der Waals surface area contributed by atoms with E-state index < -0.39 is 12.1 Å². The molecule has 0 aromatic heterocycles. The monoisotopic (exact) mass is 262 g/mol. The highest BCUT2D eigenvalue weighted by Crippen LogP contribution is 2.07. The van der Waals surface area contributed by atoms with Crippen LogP contribution in [0.15, 0.2) is 30.3 Å². The van der Waals surface area contributed by atoms with Crippen LogP contribution in [0, 0.1) is 0 Å². The van der Waals surface area contributed by atoms with Gasteiger partial charge in [-0.2, -0.15) is 0 Å². The number of hydrogen-bond acceptors (Lipinski definition) is 4. The van der Waals surface area contributed by atoms with Crippen LogP contribution in [0.4, 0.5) is 0 Å². The molecule has 0 heterocycles. The number of carbonyl (C=O) groups excluding carboxylic acids is 2. The molecular weight excluding hydrogens is 242 g/mol. The minimum atomic E-state index is -0.481. The highest BCUT2D eigenvalue weighted by molar-refractivity contribution is 5.76. The molecule has 0 fully saturated rings. The van der Waals surface area contributed by atoms with Crippen LogP contribution in [-0.4, -0.2) is 30.9 Å². The summed E-state index contributed by atoms with van der Waals surface area (Å²) in [5.41, 5.74) is 1.15. The Morgan fingerprint density at radius 1 is 1.37 bits per heavy atom. The lowest BCUT2D eigenvalue weighted by atomic mass is 10.0. The van der Waals surface area contributed by atoms with Gasteiger partial charge in [0.25, 0.3) is 0 Å². The molecule has 4 heteroatoms. The van der Waals surface area contributed by atoms with Crippen molar-refractivity contribution in [1.29, 1.82) is 0 Å². The van der Waals surface area contributed by atoms with Crippen molar-refractivity contribution in [2.75, 3.05) is 6.61 Å². The summed E-state index contributed by atoms with van der Waals surface area (Å²) in [6, 6.07) is 8.94. The SMILES string of the molecule is CCOC(=O)[C@H](CCc1ccccc1)N[C@@H](C)[C]=O. The van der Waals surface area contributed by atoms with E-state index in [9.17, 15) is 9.59 Å². The van der Waals surface area contributed by atoms with Crippen LogP contribution < -0.4 is 5.32 Å². The summed E-state index contributed by atoms with van der Waals surface area (Å²) < 4.78 is 5.01. The van der Waals surface area contributed by atoms with Gasteiger partial charge in [0.1, 0.15) is 6.04 Å². The fraction of sp³-hybridized carbons (Fsp3) is 0.467. The second kappa shape index (κ2) is 8.43. The summed E-state index contributed by atoms with van der Waals surface area (Å²) in [6.45, 7) is 3.77. The average molecular weight is 262 g/mol. The molecule has 1 aromatic rings. The molecule has 1 N–H and O–H groups in total. The summed E-state index contributed by atoms with van der Waals surface area (Å²) in [6.07, 6.45) is 3.17. The van der Waals surface area contributed by atoms with Crippen molar-refractivity contribution in [3.63, 3.8) is 0 Å². The number of esters is 1. The molecule has 0 amide bonds. The van der Waals surface area contributed by atoms with Crippen LogP contribution >= 0.6 is 0 Å². The normalized spacial score (nSPS) is 13.6. The first-order chi connectivity index (χ1) is 9.17. The fourth-order valence-corrected chi connectivity index (χ4v) is 1.80. The van der Waals surface area contributed by atoms with Crippen molar-refractivity contribution in [1.82, 2.24) is 5.32 Å². The number of ether oxygens (including phenoxy) is 1. The first kappa shape index (κ1) is 15.4. The van der Waals surface area contributed by atoms with Crippen molar-refractivity contribution in [2.24, 2.45) is 0 Å². The molecule has 1 rings (SSSR count). The highest BCUT2D eigenvalue weighted by Gasteiger charge is 2.21. The molecule has 1 radical (unpaired) electrons. The number of rotatable bonds is 8. The summed E-state index contributed by atoms with van der Waals surface area (Å²) in [5.74, 6) is -0.319. The molecule has 0 aliphatic carbocycles. The van der Waals surface area contributed by atoms with Crippen molar-refractivity contribution < 1.29 is 14.3 Å². The molecule has 0 saturated heterocycles. The second-order valence-corrected chi connectivity index (χ2v) is 4.34. The van der Waals surface area contributed by atoms with Gasteiger partial charge in [-0.25, -0.2) is 0 Å². The van der Waals surface area contributed by atoms with Gasteiger partial charge in [-0.3, -0.25) is 14.9 Å². The molecule has 0 saturated carbocycles. The Bertz CT molecular complexity index is 392. The van der Waals surface area contributed by atoms with E-state index in [1.165, 1.54) is 0 Å². The maximum atomic E-state index is 11.8. The average Bonchev–Trinajstić information content (AvgIpc) is 2.44. The number of aryl methyl sites for hydroxylation is 1. The van der Waals surface area contributed by atoms with Crippen LogP contribution in [0.25, 0.3) is 0 Å². The van der Waals surface area contributed by atoms with E-state index >= 15 is 0 Å². The first-order valence-corrected chi connectivity index (χ1v) is 6.51. The van der Waals surface area contributed by atoms with Gasteiger partial charge in [0.15, 0.2) is 0 Å². The van der Waals surface area contributed by atoms with Gasteiger partial charge in [-0.15, -0.1) is 0 Å². The summed E-state index contributed by atoms with van der Waals surface area (Å²) in [7, 11) is 0. The Balaban J connectivity index is 2.58. The zero-order valence-electron chi connectivity index (χ0n) is 11.4. The van der Waals surface area contributed by atoms with Gasteiger partial charge in [-0.1, -0.05) is 30.3 Å². The highest BCUT2D eigenvalue weighted by atomic mass is 16.5. The lowest BCUT2D eigenvalue weighted by Gasteiger charge is -2.18. The third-order valence-electron chi connectivity index (χ3n) is 2.76. The van der Waals surface area contributed by atoms with E-state index in [1.54, 1.807) is 13.8 Å². The van der Waals surface area contributed by atoms with Crippen LogP contribution in [0.2, 0.25) is 0 Å². The van der Waals surface area contributed by atoms with E-state index in [0.717, 1.165) is 12.0 Å². The molecule has 19 heavy (non-hydrogen) atoms.